The second kappa shape index (κ2) is 6.50. The highest BCUT2D eigenvalue weighted by Crippen LogP contribution is 2.22. The summed E-state index contributed by atoms with van der Waals surface area (Å²) in [4.78, 5) is 16.1. The van der Waals surface area contributed by atoms with E-state index < -0.39 is 5.97 Å². The lowest BCUT2D eigenvalue weighted by Crippen LogP contribution is -2.05. The van der Waals surface area contributed by atoms with Crippen molar-refractivity contribution in [3.05, 3.63) is 59.9 Å². The van der Waals surface area contributed by atoms with Crippen molar-refractivity contribution < 1.29 is 14.3 Å². The third-order valence-corrected chi connectivity index (χ3v) is 3.50. The maximum Gasteiger partial charge on any atom is 0.340 e. The van der Waals surface area contributed by atoms with Crippen LogP contribution in [0.3, 0.4) is 0 Å². The Kier molecular flexibility index (Phi) is 4.25. The third kappa shape index (κ3) is 3.17. The first-order chi connectivity index (χ1) is 11.2. The fourth-order valence-corrected chi connectivity index (χ4v) is 2.39. The molecule has 0 radical (unpaired) electrons. The molecule has 118 valence electrons. The molecule has 0 bridgehead atoms. The number of aromatic nitrogens is 2. The average molecular weight is 311 g/mol. The van der Waals surface area contributed by atoms with Crippen LogP contribution in [0.5, 0.6) is 0 Å². The Hall–Kier alpha value is -2.86. The Morgan fingerprint density at radius 2 is 2.04 bits per heavy atom. The van der Waals surface area contributed by atoms with Gasteiger partial charge in [0, 0.05) is 5.69 Å². The van der Waals surface area contributed by atoms with E-state index in [9.17, 15) is 4.79 Å². The Morgan fingerprint density at radius 1 is 1.26 bits per heavy atom. The van der Waals surface area contributed by atoms with Gasteiger partial charge in [-0.1, -0.05) is 30.3 Å². The molecule has 0 aliphatic rings. The van der Waals surface area contributed by atoms with Crippen LogP contribution in [0.15, 0.2) is 48.8 Å². The molecule has 0 atom stereocenters. The van der Waals surface area contributed by atoms with Crippen molar-refractivity contribution in [2.24, 2.45) is 0 Å². The molecule has 0 saturated heterocycles. The zero-order valence-electron chi connectivity index (χ0n) is 12.7. The van der Waals surface area contributed by atoms with Gasteiger partial charge < -0.3 is 19.8 Å². The second-order valence-corrected chi connectivity index (χ2v) is 5.11. The van der Waals surface area contributed by atoms with Crippen molar-refractivity contribution in [1.29, 1.82) is 0 Å². The van der Waals surface area contributed by atoms with Crippen LogP contribution in [0.2, 0.25) is 0 Å². The number of hydrogen-bond donors (Lipinski definition) is 1. The molecule has 0 saturated carbocycles. The number of carbonyl (C=O) groups is 1. The van der Waals surface area contributed by atoms with E-state index in [4.69, 9.17) is 15.2 Å². The molecule has 23 heavy (non-hydrogen) atoms. The molecule has 2 N–H and O–H groups in total. The van der Waals surface area contributed by atoms with Crippen LogP contribution in [0, 0.1) is 0 Å². The van der Waals surface area contributed by atoms with Crippen molar-refractivity contribution in [2.45, 2.75) is 13.3 Å². The lowest BCUT2D eigenvalue weighted by Gasteiger charge is -2.08. The van der Waals surface area contributed by atoms with E-state index in [-0.39, 0.29) is 0 Å². The smallest absolute Gasteiger partial charge is 0.340 e. The largest absolute Gasteiger partial charge is 0.465 e. The number of methoxy groups -OCH3 is 1. The highest BCUT2D eigenvalue weighted by atomic mass is 16.5. The molecular formula is C17H17N3O3. The number of rotatable bonds is 5. The van der Waals surface area contributed by atoms with Gasteiger partial charge in [-0.05, 0) is 17.7 Å². The molecule has 2 aromatic carbocycles. The monoisotopic (exact) mass is 311 g/mol. The summed E-state index contributed by atoms with van der Waals surface area (Å²) in [6.45, 7) is 0.808. The van der Waals surface area contributed by atoms with Gasteiger partial charge in [-0.2, -0.15) is 0 Å². The molecule has 0 unspecified atom stereocenters. The van der Waals surface area contributed by atoms with E-state index in [1.165, 1.54) is 7.11 Å². The van der Waals surface area contributed by atoms with Crippen molar-refractivity contribution in [1.82, 2.24) is 9.55 Å². The molecule has 6 heteroatoms. The Morgan fingerprint density at radius 3 is 2.78 bits per heavy atom. The number of nitrogens with zero attached hydrogens (tertiary/aromatic N) is 2. The minimum atomic E-state index is -0.460. The van der Waals surface area contributed by atoms with E-state index in [2.05, 4.69) is 4.98 Å². The number of esters is 1. The summed E-state index contributed by atoms with van der Waals surface area (Å²) in [5.41, 5.74) is 9.08. The number of fused-ring (bicyclic) bond motifs is 1. The SMILES string of the molecule is COC(=O)c1cc(N)cc2c1ncn2COCc1ccccc1. The first kappa shape index (κ1) is 15.1. The molecule has 3 aromatic rings. The van der Waals surface area contributed by atoms with Gasteiger partial charge in [-0.15, -0.1) is 0 Å². The second-order valence-electron chi connectivity index (χ2n) is 5.11. The minimum Gasteiger partial charge on any atom is -0.465 e. The average Bonchev–Trinajstić information content (AvgIpc) is 2.97. The van der Waals surface area contributed by atoms with Gasteiger partial charge in [-0.3, -0.25) is 0 Å². The minimum absolute atomic E-state index is 0.315. The number of nitrogens with two attached hydrogens (primary N) is 1. The van der Waals surface area contributed by atoms with Crippen molar-refractivity contribution in [3.63, 3.8) is 0 Å². The number of ether oxygens (including phenoxy) is 2. The zero-order chi connectivity index (χ0) is 16.2. The van der Waals surface area contributed by atoms with Crippen LogP contribution in [0.4, 0.5) is 5.69 Å². The number of imidazole rings is 1. The van der Waals surface area contributed by atoms with E-state index in [1.54, 1.807) is 23.0 Å². The van der Waals surface area contributed by atoms with Gasteiger partial charge in [0.15, 0.2) is 0 Å². The van der Waals surface area contributed by atoms with Gasteiger partial charge in [0.25, 0.3) is 0 Å². The molecular weight excluding hydrogens is 294 g/mol. The Balaban J connectivity index is 1.82. The quantitative estimate of drug-likeness (QED) is 0.578. The maximum atomic E-state index is 11.8. The van der Waals surface area contributed by atoms with Crippen LogP contribution < -0.4 is 5.73 Å². The normalized spacial score (nSPS) is 10.8. The van der Waals surface area contributed by atoms with E-state index >= 15 is 0 Å². The molecule has 1 aromatic heterocycles. The number of nitrogen functional groups attached to an aromatic ring is 1. The molecule has 3 rings (SSSR count). The fraction of sp³-hybridized carbons (Fsp3) is 0.176. The zero-order valence-corrected chi connectivity index (χ0v) is 12.7. The third-order valence-electron chi connectivity index (χ3n) is 3.50. The van der Waals surface area contributed by atoms with Gasteiger partial charge >= 0.3 is 5.97 Å². The molecule has 0 aliphatic carbocycles. The summed E-state index contributed by atoms with van der Waals surface area (Å²) in [7, 11) is 1.33. The lowest BCUT2D eigenvalue weighted by molar-refractivity contribution is 0.0602. The summed E-state index contributed by atoms with van der Waals surface area (Å²) in [6, 6.07) is 13.2. The predicted molar refractivity (Wildman–Crippen MR) is 86.7 cm³/mol. The molecule has 0 fully saturated rings. The number of hydrogen-bond acceptors (Lipinski definition) is 5. The van der Waals surface area contributed by atoms with Crippen LogP contribution >= 0.6 is 0 Å². The van der Waals surface area contributed by atoms with E-state index in [0.29, 0.717) is 30.1 Å². The number of benzene rings is 2. The van der Waals surface area contributed by atoms with Gasteiger partial charge in [0.05, 0.1) is 31.1 Å². The number of anilines is 1. The van der Waals surface area contributed by atoms with Gasteiger partial charge in [-0.25, -0.2) is 9.78 Å². The summed E-state index contributed by atoms with van der Waals surface area (Å²) in [5, 5.41) is 0. The van der Waals surface area contributed by atoms with Gasteiger partial charge in [0.1, 0.15) is 12.2 Å². The highest BCUT2D eigenvalue weighted by molar-refractivity contribution is 6.03. The Labute approximate surface area is 133 Å². The summed E-state index contributed by atoms with van der Waals surface area (Å²) in [5.74, 6) is -0.460. The first-order valence-electron chi connectivity index (χ1n) is 7.13. The lowest BCUT2D eigenvalue weighted by atomic mass is 10.1. The van der Waals surface area contributed by atoms with Crippen LogP contribution in [0.25, 0.3) is 11.0 Å². The summed E-state index contributed by atoms with van der Waals surface area (Å²) < 4.78 is 12.3. The molecule has 0 amide bonds. The maximum absolute atomic E-state index is 11.8. The van der Waals surface area contributed by atoms with Crippen molar-refractivity contribution in [3.8, 4) is 0 Å². The van der Waals surface area contributed by atoms with Crippen LogP contribution in [-0.4, -0.2) is 22.6 Å². The fourth-order valence-electron chi connectivity index (χ4n) is 2.39. The van der Waals surface area contributed by atoms with Crippen LogP contribution in [-0.2, 0) is 22.8 Å². The van der Waals surface area contributed by atoms with Crippen LogP contribution in [0.1, 0.15) is 15.9 Å². The first-order valence-corrected chi connectivity index (χ1v) is 7.13. The number of carbonyl (C=O) groups excluding carboxylic acids is 1. The molecule has 0 aliphatic heterocycles. The summed E-state index contributed by atoms with van der Waals surface area (Å²) >= 11 is 0. The van der Waals surface area contributed by atoms with Gasteiger partial charge in [0.2, 0.25) is 0 Å². The summed E-state index contributed by atoms with van der Waals surface area (Å²) in [6.07, 6.45) is 1.63. The van der Waals surface area contributed by atoms with Crippen molar-refractivity contribution >= 4 is 22.7 Å². The van der Waals surface area contributed by atoms with Crippen molar-refractivity contribution in [2.75, 3.05) is 12.8 Å². The molecule has 6 nitrogen and oxygen atoms in total. The molecule has 1 heterocycles. The predicted octanol–water partition coefficient (Wildman–Crippen LogP) is 2.58. The van der Waals surface area contributed by atoms with E-state index in [1.807, 2.05) is 30.3 Å². The highest BCUT2D eigenvalue weighted by Gasteiger charge is 2.15. The molecule has 0 spiro atoms. The topological polar surface area (TPSA) is 79.4 Å². The Bertz CT molecular complexity index is 828. The standard InChI is InChI=1S/C17H17N3O3/c1-22-17(21)14-7-13(18)8-15-16(14)19-10-20(15)11-23-9-12-5-3-2-4-6-12/h2-8,10H,9,11,18H2,1H3. The van der Waals surface area contributed by atoms with E-state index in [0.717, 1.165) is 11.1 Å².